The van der Waals surface area contributed by atoms with Gasteiger partial charge in [-0.3, -0.25) is 14.4 Å². The van der Waals surface area contributed by atoms with E-state index < -0.39 is 11.0 Å². The number of Topliss-reactive ketones (excluding diaryl/α,β-unsaturated/α-hetero) is 2. The molecule has 0 aromatic heterocycles. The third-order valence-corrected chi connectivity index (χ3v) is 9.55. The number of hydrogen-bond donors (Lipinski definition) is 0. The van der Waals surface area contributed by atoms with Crippen molar-refractivity contribution in [2.24, 2.45) is 17.3 Å². The molecule has 0 bridgehead atoms. The molecule has 0 heterocycles. The maximum absolute atomic E-state index is 13.2. The van der Waals surface area contributed by atoms with Gasteiger partial charge in [-0.05, 0) is 79.7 Å². The summed E-state index contributed by atoms with van der Waals surface area (Å²) in [5.41, 5.74) is 4.84. The minimum absolute atomic E-state index is 0.0419. The van der Waals surface area contributed by atoms with Crippen molar-refractivity contribution in [2.75, 3.05) is 19.0 Å². The summed E-state index contributed by atoms with van der Waals surface area (Å²) in [6.45, 7) is 5.20. The first kappa shape index (κ1) is 24.0. The van der Waals surface area contributed by atoms with Crippen LogP contribution in [0.15, 0.2) is 47.1 Å². The molecule has 186 valence electrons. The second-order valence-electron chi connectivity index (χ2n) is 11.5. The predicted molar refractivity (Wildman–Crippen MR) is 136 cm³/mol. The van der Waals surface area contributed by atoms with Crippen LogP contribution in [0.3, 0.4) is 0 Å². The molecule has 5 nitrogen and oxygen atoms in total. The Bertz CT molecular complexity index is 1140. The average Bonchev–Trinajstić information content (AvgIpc) is 3.10. The van der Waals surface area contributed by atoms with Crippen molar-refractivity contribution in [2.45, 2.75) is 77.2 Å². The summed E-state index contributed by atoms with van der Waals surface area (Å²) in [6, 6.07) is 8.70. The van der Waals surface area contributed by atoms with Crippen LogP contribution in [0.5, 0.6) is 0 Å². The second-order valence-corrected chi connectivity index (χ2v) is 11.5. The van der Waals surface area contributed by atoms with Gasteiger partial charge in [0.05, 0.1) is 0 Å². The van der Waals surface area contributed by atoms with Crippen LogP contribution in [0.2, 0.25) is 0 Å². The number of fused-ring (bicyclic) bond motifs is 4. The summed E-state index contributed by atoms with van der Waals surface area (Å²) in [4.78, 5) is 40.1. The standard InChI is InChI=1S/C30H37NO4/c1-18(32)30(35-19(2)33)15-14-27-24-13-9-20-8-12-23(34)16-25(20)28(24)26(17-29(27,30)3)21-6-10-22(11-7-21)31(4)5/h6-8,10-11,24,26-27H,9,12-17H2,1-5H3/t24-,26+,27-,29-,30-/m0/s1. The van der Waals surface area contributed by atoms with Crippen LogP contribution < -0.4 is 4.90 Å². The molecule has 2 fully saturated rings. The number of hydrogen-bond acceptors (Lipinski definition) is 5. The lowest BCUT2D eigenvalue weighted by Gasteiger charge is -2.55. The minimum atomic E-state index is -1.08. The Balaban J connectivity index is 1.69. The number of benzene rings is 1. The van der Waals surface area contributed by atoms with Crippen molar-refractivity contribution in [3.8, 4) is 0 Å². The van der Waals surface area contributed by atoms with Gasteiger partial charge in [0, 0.05) is 50.9 Å². The van der Waals surface area contributed by atoms with Crippen molar-refractivity contribution in [1.82, 2.24) is 0 Å². The van der Waals surface area contributed by atoms with Gasteiger partial charge in [0.2, 0.25) is 0 Å². The quantitative estimate of drug-likeness (QED) is 0.535. The smallest absolute Gasteiger partial charge is 0.303 e. The zero-order valence-corrected chi connectivity index (χ0v) is 21.6. The molecule has 4 aliphatic rings. The van der Waals surface area contributed by atoms with Crippen LogP contribution in [-0.4, -0.2) is 37.2 Å². The van der Waals surface area contributed by atoms with Gasteiger partial charge in [0.1, 0.15) is 5.78 Å². The highest BCUT2D eigenvalue weighted by molar-refractivity contribution is 5.89. The average molecular weight is 476 g/mol. The molecule has 5 atom stereocenters. The van der Waals surface area contributed by atoms with E-state index >= 15 is 0 Å². The number of anilines is 1. The molecular formula is C30H37NO4. The lowest BCUT2D eigenvalue weighted by molar-refractivity contribution is -0.182. The molecule has 0 aliphatic heterocycles. The van der Waals surface area contributed by atoms with E-state index in [1.165, 1.54) is 29.2 Å². The summed E-state index contributed by atoms with van der Waals surface area (Å²) in [5, 5.41) is 0. The number of carbonyl (C=O) groups is 3. The molecule has 0 N–H and O–H groups in total. The zero-order chi connectivity index (χ0) is 25.1. The van der Waals surface area contributed by atoms with Crippen molar-refractivity contribution in [1.29, 1.82) is 0 Å². The number of nitrogens with zero attached hydrogens (tertiary/aromatic N) is 1. The van der Waals surface area contributed by atoms with Crippen molar-refractivity contribution < 1.29 is 19.1 Å². The largest absolute Gasteiger partial charge is 0.451 e. The Labute approximate surface area is 208 Å². The van der Waals surface area contributed by atoms with Gasteiger partial charge in [0.15, 0.2) is 11.4 Å². The molecule has 0 spiro atoms. The summed E-state index contributed by atoms with van der Waals surface area (Å²) in [6.07, 6.45) is 7.41. The van der Waals surface area contributed by atoms with Crippen LogP contribution in [-0.2, 0) is 19.1 Å². The lowest BCUT2D eigenvalue weighted by Crippen LogP contribution is -2.57. The molecule has 0 amide bonds. The van der Waals surface area contributed by atoms with Crippen molar-refractivity contribution >= 4 is 23.2 Å². The Morgan fingerprint density at radius 2 is 1.80 bits per heavy atom. The predicted octanol–water partition coefficient (Wildman–Crippen LogP) is 5.54. The molecule has 35 heavy (non-hydrogen) atoms. The molecule has 0 unspecified atom stereocenters. The monoisotopic (exact) mass is 475 g/mol. The van der Waals surface area contributed by atoms with E-state index in [4.69, 9.17) is 4.74 Å². The number of esters is 1. The van der Waals surface area contributed by atoms with Gasteiger partial charge in [0.25, 0.3) is 0 Å². The van der Waals surface area contributed by atoms with Gasteiger partial charge < -0.3 is 9.64 Å². The van der Waals surface area contributed by atoms with Gasteiger partial charge in [-0.25, -0.2) is 0 Å². The van der Waals surface area contributed by atoms with E-state index in [0.29, 0.717) is 25.2 Å². The number of allylic oxidation sites excluding steroid dienone is 4. The number of carbonyl (C=O) groups excluding carboxylic acids is 3. The van der Waals surface area contributed by atoms with E-state index in [1.807, 2.05) is 14.1 Å². The summed E-state index contributed by atoms with van der Waals surface area (Å²) >= 11 is 0. The highest BCUT2D eigenvalue weighted by Gasteiger charge is 2.67. The van der Waals surface area contributed by atoms with Crippen molar-refractivity contribution in [3.05, 3.63) is 52.6 Å². The molecule has 4 aliphatic carbocycles. The van der Waals surface area contributed by atoms with Crippen molar-refractivity contribution in [3.63, 3.8) is 0 Å². The molecule has 1 aromatic carbocycles. The first-order valence-electron chi connectivity index (χ1n) is 13.0. The van der Waals surface area contributed by atoms with E-state index in [1.54, 1.807) is 6.92 Å². The van der Waals surface area contributed by atoms with Gasteiger partial charge >= 0.3 is 5.97 Å². The summed E-state index contributed by atoms with van der Waals surface area (Å²) < 4.78 is 5.99. The normalized spacial score (nSPS) is 33.9. The van der Waals surface area contributed by atoms with Crippen LogP contribution in [0.4, 0.5) is 5.69 Å². The Kier molecular flexibility index (Phi) is 5.81. The van der Waals surface area contributed by atoms with E-state index in [0.717, 1.165) is 31.4 Å². The SMILES string of the molecule is CC(=O)O[C@]1(C(C)=O)CC[C@H]2[C@@H]3CCC4=CCC(=O)CC4=C3[C@@H](c3ccc(N(C)C)cc3)C[C@@]21C. The van der Waals surface area contributed by atoms with Gasteiger partial charge in [-0.15, -0.1) is 0 Å². The van der Waals surface area contributed by atoms with Gasteiger partial charge in [-0.2, -0.15) is 0 Å². The molecule has 0 radical (unpaired) electrons. The summed E-state index contributed by atoms with van der Waals surface area (Å²) in [7, 11) is 4.07. The number of rotatable bonds is 4. The Morgan fingerprint density at radius 1 is 1.09 bits per heavy atom. The van der Waals surface area contributed by atoms with Crippen LogP contribution in [0, 0.1) is 17.3 Å². The molecule has 5 heteroatoms. The molecule has 5 rings (SSSR count). The topological polar surface area (TPSA) is 63.7 Å². The fourth-order valence-corrected chi connectivity index (χ4v) is 7.98. The summed E-state index contributed by atoms with van der Waals surface area (Å²) in [5.74, 6) is 0.502. The van der Waals surface area contributed by atoms with Crippen LogP contribution in [0.25, 0.3) is 0 Å². The maximum Gasteiger partial charge on any atom is 0.303 e. The number of ketones is 2. The van der Waals surface area contributed by atoms with Crippen LogP contribution in [0.1, 0.15) is 77.2 Å². The molecule has 1 aromatic rings. The fraction of sp³-hybridized carbons (Fsp3) is 0.567. The Hall–Kier alpha value is -2.69. The lowest BCUT2D eigenvalue weighted by atomic mass is 9.50. The van der Waals surface area contributed by atoms with Gasteiger partial charge in [-0.1, -0.05) is 30.7 Å². The van der Waals surface area contributed by atoms with E-state index in [9.17, 15) is 14.4 Å². The first-order chi connectivity index (χ1) is 16.6. The third kappa shape index (κ3) is 3.61. The second kappa shape index (κ2) is 8.46. The zero-order valence-electron chi connectivity index (χ0n) is 21.6. The Morgan fingerprint density at radius 3 is 2.43 bits per heavy atom. The molecular weight excluding hydrogens is 438 g/mol. The minimum Gasteiger partial charge on any atom is -0.451 e. The highest BCUT2D eigenvalue weighted by Crippen LogP contribution is 2.67. The maximum atomic E-state index is 13.2. The third-order valence-electron chi connectivity index (χ3n) is 9.55. The molecule has 0 saturated heterocycles. The first-order valence-corrected chi connectivity index (χ1v) is 13.0. The fourth-order valence-electron chi connectivity index (χ4n) is 7.98. The number of ether oxygens (including phenoxy) is 1. The molecule has 2 saturated carbocycles. The highest BCUT2D eigenvalue weighted by atomic mass is 16.6. The van der Waals surface area contributed by atoms with Crippen LogP contribution >= 0.6 is 0 Å². The van der Waals surface area contributed by atoms with E-state index in [-0.39, 0.29) is 29.4 Å². The van der Waals surface area contributed by atoms with E-state index in [2.05, 4.69) is 42.2 Å².